The molecular formula is C17H21F4N5O. The maximum Gasteiger partial charge on any atom is 0.419 e. The van der Waals surface area contributed by atoms with Crippen LogP contribution in [0.4, 0.5) is 28.9 Å². The highest BCUT2D eigenvalue weighted by Gasteiger charge is 2.38. The topological polar surface area (TPSA) is 87.0 Å². The molecule has 0 aliphatic carbocycles. The Morgan fingerprint density at radius 1 is 1.37 bits per heavy atom. The second kappa shape index (κ2) is 6.66. The number of fused-ring (bicyclic) bond motifs is 1. The second-order valence-corrected chi connectivity index (χ2v) is 7.22. The fraction of sp³-hybridized carbons (Fsp3) is 0.529. The monoisotopic (exact) mass is 387 g/mol. The first-order chi connectivity index (χ1) is 12.5. The van der Waals surface area contributed by atoms with E-state index in [1.807, 2.05) is 0 Å². The van der Waals surface area contributed by atoms with Crippen molar-refractivity contribution in [3.8, 4) is 0 Å². The van der Waals surface area contributed by atoms with E-state index in [2.05, 4.69) is 15.3 Å². The number of carbonyl (C=O) groups is 1. The molecule has 1 fully saturated rings. The van der Waals surface area contributed by atoms with Crippen molar-refractivity contribution in [2.45, 2.75) is 44.6 Å². The summed E-state index contributed by atoms with van der Waals surface area (Å²) in [6.07, 6.45) is -1.20. The number of amides is 1. The van der Waals surface area contributed by atoms with E-state index in [0.29, 0.717) is 13.0 Å². The number of nitrogens with one attached hydrogen (secondary N) is 2. The van der Waals surface area contributed by atoms with Gasteiger partial charge in [-0.1, -0.05) is 0 Å². The minimum atomic E-state index is -4.64. The Morgan fingerprint density at radius 3 is 2.67 bits per heavy atom. The van der Waals surface area contributed by atoms with E-state index in [-0.39, 0.29) is 35.0 Å². The van der Waals surface area contributed by atoms with Crippen LogP contribution in [0.25, 0.3) is 11.0 Å². The number of alkyl halides is 4. The Labute approximate surface area is 153 Å². The molecule has 10 heteroatoms. The van der Waals surface area contributed by atoms with Gasteiger partial charge in [-0.05, 0) is 26.7 Å². The molecule has 1 aliphatic rings. The van der Waals surface area contributed by atoms with Gasteiger partial charge in [0.05, 0.1) is 22.3 Å². The summed E-state index contributed by atoms with van der Waals surface area (Å²) in [4.78, 5) is 20.2. The van der Waals surface area contributed by atoms with Crippen LogP contribution in [0.3, 0.4) is 0 Å². The Kier molecular flexibility index (Phi) is 4.79. The van der Waals surface area contributed by atoms with Gasteiger partial charge in [-0.15, -0.1) is 0 Å². The third kappa shape index (κ3) is 3.85. The fourth-order valence-corrected chi connectivity index (χ4v) is 3.20. The van der Waals surface area contributed by atoms with E-state index in [9.17, 15) is 22.4 Å². The number of anilines is 2. The predicted octanol–water partition coefficient (Wildman–Crippen LogP) is 3.20. The van der Waals surface area contributed by atoms with Crippen molar-refractivity contribution in [1.82, 2.24) is 9.97 Å². The van der Waals surface area contributed by atoms with Crippen molar-refractivity contribution in [3.05, 3.63) is 18.0 Å². The van der Waals surface area contributed by atoms with Crippen LogP contribution in [-0.2, 0) is 11.0 Å². The molecule has 3 heterocycles. The number of piperidine rings is 1. The number of H-pyrrole nitrogens is 1. The Hall–Kier alpha value is -2.36. The molecule has 0 aromatic carbocycles. The molecule has 6 nitrogen and oxygen atoms in total. The number of aromatic nitrogens is 2. The molecule has 0 spiro atoms. The van der Waals surface area contributed by atoms with Gasteiger partial charge in [0.25, 0.3) is 5.91 Å². The van der Waals surface area contributed by atoms with Crippen LogP contribution in [0.2, 0.25) is 0 Å². The number of nitrogens with two attached hydrogens (primary N) is 1. The van der Waals surface area contributed by atoms with Crippen LogP contribution in [-0.4, -0.2) is 40.7 Å². The number of nitrogens with zero attached hydrogens (tertiary/aromatic N) is 2. The first-order valence-electron chi connectivity index (χ1n) is 8.56. The summed E-state index contributed by atoms with van der Waals surface area (Å²) in [6.45, 7) is 2.78. The molecular weight excluding hydrogens is 366 g/mol. The van der Waals surface area contributed by atoms with Gasteiger partial charge in [-0.25, -0.2) is 9.37 Å². The number of aromatic amines is 1. The van der Waals surface area contributed by atoms with Gasteiger partial charge in [-0.2, -0.15) is 13.2 Å². The van der Waals surface area contributed by atoms with E-state index in [4.69, 9.17) is 5.73 Å². The average molecular weight is 387 g/mol. The molecule has 148 valence electrons. The summed E-state index contributed by atoms with van der Waals surface area (Å²) < 4.78 is 54.9. The van der Waals surface area contributed by atoms with Gasteiger partial charge in [-0.3, -0.25) is 4.79 Å². The SMILES string of the molecule is CC(C)(F)C(=O)Nc1c[nH]c2ncc(C(F)(F)F)c(N3CCC[C@@H](N)C3)c12. The van der Waals surface area contributed by atoms with Crippen LogP contribution < -0.4 is 16.0 Å². The van der Waals surface area contributed by atoms with Gasteiger partial charge >= 0.3 is 6.18 Å². The number of hydrogen-bond acceptors (Lipinski definition) is 4. The minimum absolute atomic E-state index is 0.0495. The summed E-state index contributed by atoms with van der Waals surface area (Å²) in [6, 6.07) is -0.259. The molecule has 2 aromatic heterocycles. The van der Waals surface area contributed by atoms with Crippen molar-refractivity contribution in [3.63, 3.8) is 0 Å². The lowest BCUT2D eigenvalue weighted by Gasteiger charge is -2.34. The summed E-state index contributed by atoms with van der Waals surface area (Å²) >= 11 is 0. The molecule has 1 saturated heterocycles. The summed E-state index contributed by atoms with van der Waals surface area (Å²) in [5.74, 6) is -0.956. The number of halogens is 4. The maximum atomic E-state index is 13.9. The van der Waals surface area contributed by atoms with Crippen LogP contribution in [0.1, 0.15) is 32.3 Å². The molecule has 2 aromatic rings. The number of pyridine rings is 1. The van der Waals surface area contributed by atoms with Crippen molar-refractivity contribution in [2.24, 2.45) is 5.73 Å². The van der Waals surface area contributed by atoms with E-state index in [1.165, 1.54) is 6.20 Å². The minimum Gasteiger partial charge on any atom is -0.369 e. The summed E-state index contributed by atoms with van der Waals surface area (Å²) in [5, 5.41) is 2.46. The Bertz CT molecular complexity index is 855. The van der Waals surface area contributed by atoms with E-state index in [0.717, 1.165) is 26.5 Å². The van der Waals surface area contributed by atoms with E-state index >= 15 is 0 Å². The quantitative estimate of drug-likeness (QED) is 0.706. The predicted molar refractivity (Wildman–Crippen MR) is 94.3 cm³/mol. The normalized spacial score (nSPS) is 18.8. The van der Waals surface area contributed by atoms with Gasteiger partial charge in [0.15, 0.2) is 5.67 Å². The van der Waals surface area contributed by atoms with Crippen LogP contribution >= 0.6 is 0 Å². The molecule has 0 radical (unpaired) electrons. The third-order valence-corrected chi connectivity index (χ3v) is 4.54. The fourth-order valence-electron chi connectivity index (χ4n) is 3.20. The average Bonchev–Trinajstić information content (AvgIpc) is 2.95. The molecule has 0 saturated carbocycles. The number of carbonyl (C=O) groups excluding carboxylic acids is 1. The van der Waals surface area contributed by atoms with E-state index < -0.39 is 23.3 Å². The molecule has 0 bridgehead atoms. The van der Waals surface area contributed by atoms with Crippen molar-refractivity contribution in [1.29, 1.82) is 0 Å². The number of hydrogen-bond donors (Lipinski definition) is 3. The van der Waals surface area contributed by atoms with Crippen LogP contribution in [0.15, 0.2) is 12.4 Å². The lowest BCUT2D eigenvalue weighted by Crippen LogP contribution is -2.43. The summed E-state index contributed by atoms with van der Waals surface area (Å²) in [7, 11) is 0. The Balaban J connectivity index is 2.18. The van der Waals surface area contributed by atoms with Crippen molar-refractivity contribution in [2.75, 3.05) is 23.3 Å². The molecule has 4 N–H and O–H groups in total. The van der Waals surface area contributed by atoms with Gasteiger partial charge < -0.3 is 20.9 Å². The van der Waals surface area contributed by atoms with Gasteiger partial charge in [0.2, 0.25) is 0 Å². The zero-order valence-electron chi connectivity index (χ0n) is 15.0. The second-order valence-electron chi connectivity index (χ2n) is 7.22. The molecule has 1 aliphatic heterocycles. The lowest BCUT2D eigenvalue weighted by atomic mass is 10.0. The largest absolute Gasteiger partial charge is 0.419 e. The Morgan fingerprint density at radius 2 is 2.07 bits per heavy atom. The smallest absolute Gasteiger partial charge is 0.369 e. The lowest BCUT2D eigenvalue weighted by molar-refractivity contribution is -0.137. The zero-order chi connectivity index (χ0) is 20.0. The van der Waals surface area contributed by atoms with Crippen molar-refractivity contribution < 1.29 is 22.4 Å². The third-order valence-electron chi connectivity index (χ3n) is 4.54. The van der Waals surface area contributed by atoms with Gasteiger partial charge in [0.1, 0.15) is 5.65 Å². The van der Waals surface area contributed by atoms with Gasteiger partial charge in [0, 0.05) is 31.5 Å². The van der Waals surface area contributed by atoms with Crippen LogP contribution in [0.5, 0.6) is 0 Å². The van der Waals surface area contributed by atoms with Crippen LogP contribution in [0, 0.1) is 0 Å². The molecule has 0 unspecified atom stereocenters. The molecule has 27 heavy (non-hydrogen) atoms. The maximum absolute atomic E-state index is 13.9. The number of rotatable bonds is 3. The first-order valence-corrected chi connectivity index (χ1v) is 8.56. The first kappa shape index (κ1) is 19.4. The highest BCUT2D eigenvalue weighted by Crippen LogP contribution is 2.43. The van der Waals surface area contributed by atoms with Crippen molar-refractivity contribution >= 4 is 28.3 Å². The van der Waals surface area contributed by atoms with E-state index in [1.54, 1.807) is 4.90 Å². The highest BCUT2D eigenvalue weighted by atomic mass is 19.4. The molecule has 1 atom stereocenters. The molecule has 1 amide bonds. The standard InChI is InChI=1S/C17H21F4N5O/c1-16(2,18)15(27)25-11-7-24-14-12(11)13(10(6-23-14)17(19,20)21)26-5-3-4-9(22)8-26/h6-7,9H,3-5,8,22H2,1-2H3,(H,23,24)(H,25,27)/t9-/m1/s1. The molecule has 3 rings (SSSR count). The zero-order valence-corrected chi connectivity index (χ0v) is 15.0. The highest BCUT2D eigenvalue weighted by molar-refractivity contribution is 6.08. The summed E-state index contributed by atoms with van der Waals surface area (Å²) in [5.41, 5.74) is 2.96.